The molecule has 1 aliphatic rings. The number of sulfonamides is 1. The van der Waals surface area contributed by atoms with Crippen molar-refractivity contribution in [2.24, 2.45) is 0 Å². The number of carbonyl (C=O) groups is 1. The Morgan fingerprint density at radius 2 is 1.68 bits per heavy atom. The molecule has 1 aromatic heterocycles. The van der Waals surface area contributed by atoms with Gasteiger partial charge in [-0.05, 0) is 50.8 Å². The van der Waals surface area contributed by atoms with Gasteiger partial charge in [0.05, 0.1) is 11.8 Å². The van der Waals surface area contributed by atoms with Gasteiger partial charge in [0.15, 0.2) is 0 Å². The summed E-state index contributed by atoms with van der Waals surface area (Å²) in [5.41, 5.74) is 2.28. The van der Waals surface area contributed by atoms with Crippen molar-refractivity contribution < 1.29 is 22.0 Å². The lowest BCUT2D eigenvalue weighted by Crippen LogP contribution is -2.37. The third-order valence-electron chi connectivity index (χ3n) is 6.37. The number of nitrogens with zero attached hydrogens (tertiary/aromatic N) is 1. The third kappa shape index (κ3) is 6.24. The highest BCUT2D eigenvalue weighted by atomic mass is 32.2. The van der Waals surface area contributed by atoms with E-state index >= 15 is 0 Å². The molecule has 0 atom stereocenters. The predicted molar refractivity (Wildman–Crippen MR) is 131 cm³/mol. The minimum absolute atomic E-state index is 0.0769. The maximum Gasteiger partial charge on any atom is 0.270 e. The molecule has 1 aromatic carbocycles. The van der Waals surface area contributed by atoms with Gasteiger partial charge in [-0.25, -0.2) is 21.9 Å². The maximum atomic E-state index is 13.7. The molecule has 0 unspecified atom stereocenters. The second-order valence-corrected chi connectivity index (χ2v) is 12.2. The second-order valence-electron chi connectivity index (χ2n) is 10.5. The summed E-state index contributed by atoms with van der Waals surface area (Å²) in [5.74, 6) is -3.34. The summed E-state index contributed by atoms with van der Waals surface area (Å²) < 4.78 is 55.5. The Morgan fingerprint density at radius 3 is 2.21 bits per heavy atom. The lowest BCUT2D eigenvalue weighted by molar-refractivity contribution is 0.0175. The van der Waals surface area contributed by atoms with Crippen LogP contribution >= 0.6 is 0 Å². The molecule has 0 spiro atoms. The fraction of sp³-hybridized carbons (Fsp3) is 0.560. The summed E-state index contributed by atoms with van der Waals surface area (Å²) in [6.07, 6.45) is 4.20. The minimum atomic E-state index is -3.25. The van der Waals surface area contributed by atoms with Crippen LogP contribution in [0, 0.1) is 6.92 Å². The van der Waals surface area contributed by atoms with Gasteiger partial charge in [-0.1, -0.05) is 32.9 Å². The van der Waals surface area contributed by atoms with Gasteiger partial charge in [-0.2, -0.15) is 0 Å². The molecule has 0 aliphatic heterocycles. The molecule has 6 nitrogen and oxygen atoms in total. The number of amides is 1. The standard InChI is InChI=1S/C25H35F2N3O3S/c1-16-21(23(31)28-19-9-7-8-17(14-19)25(5,26)27)15-22(24(2,3)4)30(16)20-12-10-18(11-13-20)29-34(6,32)33/h7-9,14-15,18,20,29H,10-13H2,1-6H3,(H,28,31)/t18-,20-. The van der Waals surface area contributed by atoms with E-state index in [9.17, 15) is 22.0 Å². The summed E-state index contributed by atoms with van der Waals surface area (Å²) >= 11 is 0. The Labute approximate surface area is 201 Å². The third-order valence-corrected chi connectivity index (χ3v) is 7.14. The SMILES string of the molecule is Cc1c(C(=O)Nc2cccc(C(C)(F)F)c2)cc(C(C)(C)C)n1[C@H]1CC[C@H](NS(C)(=O)=O)CC1. The first-order valence-corrected chi connectivity index (χ1v) is 13.4. The van der Waals surface area contributed by atoms with Crippen molar-refractivity contribution in [1.29, 1.82) is 0 Å². The Kier molecular flexibility index (Phi) is 7.30. The normalized spacial score (nSPS) is 19.8. The van der Waals surface area contributed by atoms with Crippen LogP contribution in [0.1, 0.15) is 86.7 Å². The number of rotatable bonds is 6. The molecule has 2 N–H and O–H groups in total. The first-order valence-electron chi connectivity index (χ1n) is 11.6. The molecule has 1 saturated carbocycles. The summed E-state index contributed by atoms with van der Waals surface area (Å²) in [7, 11) is -3.25. The van der Waals surface area contributed by atoms with E-state index in [1.165, 1.54) is 24.5 Å². The molecule has 2 aromatic rings. The van der Waals surface area contributed by atoms with Crippen molar-refractivity contribution in [3.63, 3.8) is 0 Å². The number of hydrogen-bond donors (Lipinski definition) is 2. The van der Waals surface area contributed by atoms with E-state index in [0.717, 1.165) is 44.0 Å². The molecule has 3 rings (SSSR count). The molecule has 1 heterocycles. The van der Waals surface area contributed by atoms with Gasteiger partial charge in [0, 0.05) is 47.1 Å². The molecule has 188 valence electrons. The highest BCUT2D eigenvalue weighted by Crippen LogP contribution is 2.37. The quantitative estimate of drug-likeness (QED) is 0.556. The summed E-state index contributed by atoms with van der Waals surface area (Å²) in [6, 6.07) is 7.70. The number of alkyl halides is 2. The van der Waals surface area contributed by atoms with Crippen LogP contribution in [-0.4, -0.2) is 31.2 Å². The molecule has 1 amide bonds. The molecule has 1 fully saturated rings. The first kappa shape index (κ1) is 26.3. The van der Waals surface area contributed by atoms with Crippen LogP contribution in [0.25, 0.3) is 0 Å². The lowest BCUT2D eigenvalue weighted by Gasteiger charge is -2.34. The van der Waals surface area contributed by atoms with Crippen LogP contribution < -0.4 is 10.0 Å². The van der Waals surface area contributed by atoms with Crippen LogP contribution in [0.4, 0.5) is 14.5 Å². The molecule has 0 bridgehead atoms. The van der Waals surface area contributed by atoms with Gasteiger partial charge in [0.1, 0.15) is 0 Å². The predicted octanol–water partition coefficient (Wildman–Crippen LogP) is 5.49. The average molecular weight is 496 g/mol. The summed E-state index contributed by atoms with van der Waals surface area (Å²) in [5, 5.41) is 2.78. The van der Waals surface area contributed by atoms with Gasteiger partial charge in [-0.3, -0.25) is 4.79 Å². The van der Waals surface area contributed by atoms with E-state index in [-0.39, 0.29) is 29.0 Å². The molecule has 0 saturated heterocycles. The zero-order valence-corrected chi connectivity index (χ0v) is 21.5. The fourth-order valence-corrected chi connectivity index (χ4v) is 5.56. The summed E-state index contributed by atoms with van der Waals surface area (Å²) in [6.45, 7) is 8.99. The van der Waals surface area contributed by atoms with Gasteiger partial charge >= 0.3 is 0 Å². The largest absolute Gasteiger partial charge is 0.345 e. The Morgan fingerprint density at radius 1 is 1.06 bits per heavy atom. The average Bonchev–Trinajstić information content (AvgIpc) is 3.05. The first-order chi connectivity index (χ1) is 15.6. The number of halogens is 2. The van der Waals surface area contributed by atoms with Crippen molar-refractivity contribution in [3.05, 3.63) is 52.8 Å². The van der Waals surface area contributed by atoms with Gasteiger partial charge < -0.3 is 9.88 Å². The fourth-order valence-electron chi connectivity index (χ4n) is 4.72. The number of aromatic nitrogens is 1. The number of carbonyl (C=O) groups excluding carboxylic acids is 1. The molecule has 34 heavy (non-hydrogen) atoms. The Bertz CT molecular complexity index is 1150. The number of hydrogen-bond acceptors (Lipinski definition) is 3. The number of nitrogens with one attached hydrogen (secondary N) is 2. The molecule has 0 radical (unpaired) electrons. The number of anilines is 1. The molecule has 1 aliphatic carbocycles. The smallest absolute Gasteiger partial charge is 0.270 e. The second kappa shape index (κ2) is 9.41. The zero-order valence-electron chi connectivity index (χ0n) is 20.7. The molecular formula is C25H35F2N3O3S. The zero-order chi connectivity index (χ0) is 25.5. The van der Waals surface area contributed by atoms with Crippen molar-refractivity contribution in [2.45, 2.75) is 83.7 Å². The van der Waals surface area contributed by atoms with Crippen LogP contribution in [0.5, 0.6) is 0 Å². The highest BCUT2D eigenvalue weighted by Gasteiger charge is 2.32. The molecular weight excluding hydrogens is 460 g/mol. The van der Waals surface area contributed by atoms with E-state index in [2.05, 4.69) is 35.4 Å². The van der Waals surface area contributed by atoms with Crippen LogP contribution in [0.15, 0.2) is 30.3 Å². The Hall–Kier alpha value is -2.26. The van der Waals surface area contributed by atoms with E-state index in [1.807, 2.05) is 13.0 Å². The van der Waals surface area contributed by atoms with Gasteiger partial charge in [0.25, 0.3) is 11.8 Å². The van der Waals surface area contributed by atoms with E-state index in [0.29, 0.717) is 11.3 Å². The van der Waals surface area contributed by atoms with Crippen molar-refractivity contribution in [1.82, 2.24) is 9.29 Å². The van der Waals surface area contributed by atoms with Crippen molar-refractivity contribution >= 4 is 21.6 Å². The highest BCUT2D eigenvalue weighted by molar-refractivity contribution is 7.88. The topological polar surface area (TPSA) is 80.2 Å². The number of benzene rings is 1. The lowest BCUT2D eigenvalue weighted by atomic mass is 9.88. The van der Waals surface area contributed by atoms with Crippen molar-refractivity contribution in [2.75, 3.05) is 11.6 Å². The van der Waals surface area contributed by atoms with Crippen LogP contribution in [0.2, 0.25) is 0 Å². The van der Waals surface area contributed by atoms with Gasteiger partial charge in [0.2, 0.25) is 10.0 Å². The van der Waals surface area contributed by atoms with Crippen LogP contribution in [-0.2, 0) is 21.4 Å². The van der Waals surface area contributed by atoms with Crippen molar-refractivity contribution in [3.8, 4) is 0 Å². The molecule has 9 heteroatoms. The van der Waals surface area contributed by atoms with E-state index < -0.39 is 15.9 Å². The maximum absolute atomic E-state index is 13.7. The Balaban J connectivity index is 1.87. The minimum Gasteiger partial charge on any atom is -0.345 e. The summed E-state index contributed by atoms with van der Waals surface area (Å²) in [4.78, 5) is 13.2. The van der Waals surface area contributed by atoms with E-state index in [1.54, 1.807) is 6.07 Å². The van der Waals surface area contributed by atoms with E-state index in [4.69, 9.17) is 0 Å². The van der Waals surface area contributed by atoms with Gasteiger partial charge in [-0.15, -0.1) is 0 Å². The monoisotopic (exact) mass is 495 g/mol. The van der Waals surface area contributed by atoms with Crippen LogP contribution in [0.3, 0.4) is 0 Å².